The molecule has 15 heavy (non-hydrogen) atoms. The van der Waals surface area contributed by atoms with E-state index in [9.17, 15) is 9.90 Å². The Labute approximate surface area is 88.4 Å². The first-order valence-corrected chi connectivity index (χ1v) is 4.62. The van der Waals surface area contributed by atoms with Crippen LogP contribution in [0.1, 0.15) is 24.2 Å². The van der Waals surface area contributed by atoms with E-state index in [2.05, 4.69) is 0 Å². The Kier molecular flexibility index (Phi) is 3.55. The molecular formula is C11H14O4. The molecule has 0 aromatic heterocycles. The summed E-state index contributed by atoms with van der Waals surface area (Å²) >= 11 is 0. The van der Waals surface area contributed by atoms with Crippen molar-refractivity contribution in [3.8, 4) is 17.2 Å². The Morgan fingerprint density at radius 3 is 2.53 bits per heavy atom. The lowest BCUT2D eigenvalue weighted by molar-refractivity contribution is 0.111. The highest BCUT2D eigenvalue weighted by Crippen LogP contribution is 2.38. The van der Waals surface area contributed by atoms with Crippen LogP contribution in [0, 0.1) is 0 Å². The number of aldehydes is 1. The molecule has 0 saturated carbocycles. The van der Waals surface area contributed by atoms with Gasteiger partial charge in [-0.3, -0.25) is 4.79 Å². The van der Waals surface area contributed by atoms with Crippen LogP contribution in [0.5, 0.6) is 17.2 Å². The first-order chi connectivity index (χ1) is 7.10. The maximum Gasteiger partial charge on any atom is 0.201 e. The number of benzene rings is 1. The number of hydrogen-bond acceptors (Lipinski definition) is 4. The molecule has 1 aromatic rings. The summed E-state index contributed by atoms with van der Waals surface area (Å²) in [6, 6.07) is 3.06. The van der Waals surface area contributed by atoms with Gasteiger partial charge < -0.3 is 14.6 Å². The molecule has 1 aromatic carbocycles. The Morgan fingerprint density at radius 1 is 1.40 bits per heavy atom. The average molecular weight is 210 g/mol. The number of aromatic hydroxyl groups is 1. The second-order valence-electron chi connectivity index (χ2n) is 3.32. The number of rotatable bonds is 4. The van der Waals surface area contributed by atoms with E-state index in [1.54, 1.807) is 6.07 Å². The second-order valence-corrected chi connectivity index (χ2v) is 3.32. The van der Waals surface area contributed by atoms with Gasteiger partial charge in [0.25, 0.3) is 0 Å². The maximum atomic E-state index is 10.7. The van der Waals surface area contributed by atoms with E-state index >= 15 is 0 Å². The standard InChI is InChI=1S/C11H14O4/c1-7(2)15-11-8(6-12)4-5-9(14-3)10(11)13/h4-7,13H,1-3H3. The Hall–Kier alpha value is -1.71. The molecule has 0 fully saturated rings. The number of phenols is 1. The van der Waals surface area contributed by atoms with Gasteiger partial charge in [-0.25, -0.2) is 0 Å². The zero-order valence-corrected chi connectivity index (χ0v) is 8.98. The molecule has 82 valence electrons. The average Bonchev–Trinajstić information content (AvgIpc) is 2.20. The Balaban J connectivity index is 3.22. The van der Waals surface area contributed by atoms with E-state index in [1.807, 2.05) is 13.8 Å². The fourth-order valence-corrected chi connectivity index (χ4v) is 1.19. The van der Waals surface area contributed by atoms with Crippen LogP contribution in [0.3, 0.4) is 0 Å². The minimum absolute atomic E-state index is 0.123. The van der Waals surface area contributed by atoms with Crippen LogP contribution < -0.4 is 9.47 Å². The van der Waals surface area contributed by atoms with Crippen molar-refractivity contribution in [2.75, 3.05) is 7.11 Å². The minimum Gasteiger partial charge on any atom is -0.502 e. The Morgan fingerprint density at radius 2 is 2.07 bits per heavy atom. The van der Waals surface area contributed by atoms with Crippen molar-refractivity contribution in [2.45, 2.75) is 20.0 Å². The van der Waals surface area contributed by atoms with E-state index in [0.717, 1.165) is 0 Å². The molecule has 4 nitrogen and oxygen atoms in total. The van der Waals surface area contributed by atoms with E-state index in [4.69, 9.17) is 9.47 Å². The van der Waals surface area contributed by atoms with Gasteiger partial charge in [0.05, 0.1) is 18.8 Å². The van der Waals surface area contributed by atoms with Crippen molar-refractivity contribution >= 4 is 6.29 Å². The van der Waals surface area contributed by atoms with E-state index in [-0.39, 0.29) is 23.4 Å². The summed E-state index contributed by atoms with van der Waals surface area (Å²) in [7, 11) is 1.44. The molecule has 4 heteroatoms. The second kappa shape index (κ2) is 4.68. The monoisotopic (exact) mass is 210 g/mol. The third-order valence-electron chi connectivity index (χ3n) is 1.83. The van der Waals surface area contributed by atoms with Gasteiger partial charge in [-0.2, -0.15) is 0 Å². The van der Waals surface area contributed by atoms with Gasteiger partial charge in [-0.05, 0) is 26.0 Å². The fraction of sp³-hybridized carbons (Fsp3) is 0.364. The molecule has 0 amide bonds. The van der Waals surface area contributed by atoms with Crippen molar-refractivity contribution in [3.05, 3.63) is 17.7 Å². The lowest BCUT2D eigenvalue weighted by Gasteiger charge is -2.14. The summed E-state index contributed by atoms with van der Waals surface area (Å²) in [6.07, 6.45) is 0.512. The van der Waals surface area contributed by atoms with Crippen LogP contribution in [0.2, 0.25) is 0 Å². The zero-order valence-electron chi connectivity index (χ0n) is 8.98. The molecule has 0 bridgehead atoms. The number of phenolic OH excluding ortho intramolecular Hbond substituents is 1. The van der Waals surface area contributed by atoms with E-state index in [0.29, 0.717) is 11.8 Å². The number of carbonyl (C=O) groups is 1. The Bertz CT molecular complexity index is 358. The van der Waals surface area contributed by atoms with E-state index in [1.165, 1.54) is 13.2 Å². The predicted octanol–water partition coefficient (Wildman–Crippen LogP) is 2.00. The minimum atomic E-state index is -0.143. The highest BCUT2D eigenvalue weighted by Gasteiger charge is 2.15. The third-order valence-corrected chi connectivity index (χ3v) is 1.83. The van der Waals surface area contributed by atoms with Gasteiger partial charge in [0, 0.05) is 0 Å². The highest BCUT2D eigenvalue weighted by molar-refractivity contribution is 5.82. The fourth-order valence-electron chi connectivity index (χ4n) is 1.19. The van der Waals surface area contributed by atoms with Crippen molar-refractivity contribution < 1.29 is 19.4 Å². The van der Waals surface area contributed by atoms with Gasteiger partial charge in [0.2, 0.25) is 5.75 Å². The van der Waals surface area contributed by atoms with Gasteiger partial charge in [-0.15, -0.1) is 0 Å². The van der Waals surface area contributed by atoms with Crippen LogP contribution in [0.15, 0.2) is 12.1 Å². The summed E-state index contributed by atoms with van der Waals surface area (Å²) in [6.45, 7) is 3.63. The normalized spacial score (nSPS) is 10.1. The van der Waals surface area contributed by atoms with E-state index < -0.39 is 0 Å². The summed E-state index contributed by atoms with van der Waals surface area (Å²) in [4.78, 5) is 10.7. The first-order valence-electron chi connectivity index (χ1n) is 4.62. The van der Waals surface area contributed by atoms with Gasteiger partial charge in [0.1, 0.15) is 0 Å². The van der Waals surface area contributed by atoms with Crippen LogP contribution in [-0.2, 0) is 0 Å². The van der Waals surface area contributed by atoms with Crippen molar-refractivity contribution in [3.63, 3.8) is 0 Å². The molecule has 0 saturated heterocycles. The summed E-state index contributed by atoms with van der Waals surface area (Å²) in [5.74, 6) is 0.311. The topological polar surface area (TPSA) is 55.8 Å². The number of ether oxygens (including phenoxy) is 2. The van der Waals surface area contributed by atoms with Gasteiger partial charge >= 0.3 is 0 Å². The molecule has 0 atom stereocenters. The van der Waals surface area contributed by atoms with Crippen LogP contribution >= 0.6 is 0 Å². The molecule has 0 unspecified atom stereocenters. The lowest BCUT2D eigenvalue weighted by Crippen LogP contribution is -2.08. The summed E-state index contributed by atoms with van der Waals surface area (Å²) in [5, 5.41) is 9.74. The van der Waals surface area contributed by atoms with Crippen LogP contribution in [0.4, 0.5) is 0 Å². The molecule has 1 N–H and O–H groups in total. The molecule has 0 spiro atoms. The predicted molar refractivity (Wildman–Crippen MR) is 55.8 cm³/mol. The third kappa shape index (κ3) is 2.40. The maximum absolute atomic E-state index is 10.7. The van der Waals surface area contributed by atoms with Crippen molar-refractivity contribution in [2.24, 2.45) is 0 Å². The molecular weight excluding hydrogens is 196 g/mol. The number of hydrogen-bond donors (Lipinski definition) is 1. The molecule has 0 radical (unpaired) electrons. The lowest BCUT2D eigenvalue weighted by atomic mass is 10.2. The highest BCUT2D eigenvalue weighted by atomic mass is 16.5. The molecule has 1 rings (SSSR count). The number of methoxy groups -OCH3 is 1. The summed E-state index contributed by atoms with van der Waals surface area (Å²) < 4.78 is 10.3. The number of carbonyl (C=O) groups excluding carboxylic acids is 1. The zero-order chi connectivity index (χ0) is 11.4. The smallest absolute Gasteiger partial charge is 0.201 e. The molecule has 0 aliphatic heterocycles. The molecule has 0 aliphatic carbocycles. The van der Waals surface area contributed by atoms with Gasteiger partial charge in [-0.1, -0.05) is 0 Å². The molecule has 0 heterocycles. The largest absolute Gasteiger partial charge is 0.502 e. The first kappa shape index (κ1) is 11.4. The van der Waals surface area contributed by atoms with Crippen LogP contribution in [-0.4, -0.2) is 24.6 Å². The molecule has 0 aliphatic rings. The van der Waals surface area contributed by atoms with Crippen molar-refractivity contribution in [1.82, 2.24) is 0 Å². The summed E-state index contributed by atoms with van der Waals surface area (Å²) in [5.41, 5.74) is 0.307. The van der Waals surface area contributed by atoms with Crippen LogP contribution in [0.25, 0.3) is 0 Å². The quantitative estimate of drug-likeness (QED) is 0.772. The van der Waals surface area contributed by atoms with Gasteiger partial charge in [0.15, 0.2) is 17.8 Å². The van der Waals surface area contributed by atoms with Crippen molar-refractivity contribution in [1.29, 1.82) is 0 Å². The SMILES string of the molecule is COc1ccc(C=O)c(OC(C)C)c1O.